The van der Waals surface area contributed by atoms with E-state index in [1.165, 1.54) is 0 Å². The number of ketones is 1. The molecule has 164 valence electrons. The fourth-order valence-electron chi connectivity index (χ4n) is 3.94. The average Bonchev–Trinajstić information content (AvgIpc) is 2.99. The molecule has 0 saturated carbocycles. The van der Waals surface area contributed by atoms with E-state index in [0.717, 1.165) is 29.9 Å². The summed E-state index contributed by atoms with van der Waals surface area (Å²) in [5, 5.41) is 10.7. The van der Waals surface area contributed by atoms with E-state index in [1.54, 1.807) is 38.1 Å². The van der Waals surface area contributed by atoms with Crippen LogP contribution in [-0.4, -0.2) is 39.8 Å². The average molecular weight is 422 g/mol. The molecule has 6 nitrogen and oxygen atoms in total. The molecule has 0 radical (unpaired) electrons. The summed E-state index contributed by atoms with van der Waals surface area (Å²) in [6.07, 6.45) is 3.33. The Hall–Kier alpha value is -3.15. The third kappa shape index (κ3) is 4.48. The van der Waals surface area contributed by atoms with Crippen molar-refractivity contribution in [2.45, 2.75) is 47.2 Å². The number of aromatic nitrogens is 1. The molecule has 2 aromatic rings. The van der Waals surface area contributed by atoms with Crippen LogP contribution < -0.4 is 4.90 Å². The molecular formula is C25H31N3O3. The molecule has 0 fully saturated rings. The highest BCUT2D eigenvalue weighted by molar-refractivity contribution is 6.10. The number of Topliss-reactive ketones (excluding diaryl/α,β-unsaturated/α-hetero) is 1. The number of anilines is 1. The monoisotopic (exact) mass is 421 g/mol. The molecule has 0 bridgehead atoms. The fourth-order valence-corrected chi connectivity index (χ4v) is 3.94. The Morgan fingerprint density at radius 3 is 2.16 bits per heavy atom. The maximum Gasteiger partial charge on any atom is 0.290 e. The smallest absolute Gasteiger partial charge is 0.290 e. The van der Waals surface area contributed by atoms with Crippen molar-refractivity contribution in [2.75, 3.05) is 18.0 Å². The first-order chi connectivity index (χ1) is 14.7. The van der Waals surface area contributed by atoms with Gasteiger partial charge in [0.2, 0.25) is 0 Å². The Bertz CT molecular complexity index is 971. The Kier molecular flexibility index (Phi) is 6.48. The molecular weight excluding hydrogens is 390 g/mol. The van der Waals surface area contributed by atoms with Crippen LogP contribution in [-0.2, 0) is 16.1 Å². The van der Waals surface area contributed by atoms with Crippen molar-refractivity contribution < 1.29 is 14.7 Å². The topological polar surface area (TPSA) is 73.7 Å². The van der Waals surface area contributed by atoms with E-state index in [1.807, 2.05) is 36.4 Å². The zero-order chi connectivity index (χ0) is 22.8. The van der Waals surface area contributed by atoms with Gasteiger partial charge < -0.3 is 14.9 Å². The second kappa shape index (κ2) is 8.92. The first-order valence-electron chi connectivity index (χ1n) is 10.7. The molecule has 0 aliphatic carbocycles. The number of nitrogens with zero attached hydrogens (tertiary/aromatic N) is 3. The van der Waals surface area contributed by atoms with E-state index in [-0.39, 0.29) is 17.9 Å². The minimum absolute atomic E-state index is 0.169. The molecule has 1 amide bonds. The predicted octanol–water partition coefficient (Wildman–Crippen LogP) is 4.44. The van der Waals surface area contributed by atoms with Gasteiger partial charge in [-0.2, -0.15) is 0 Å². The van der Waals surface area contributed by atoms with Gasteiger partial charge in [-0.3, -0.25) is 14.6 Å². The third-order valence-corrected chi connectivity index (χ3v) is 5.67. The third-order valence-electron chi connectivity index (χ3n) is 5.67. The summed E-state index contributed by atoms with van der Waals surface area (Å²) in [5.74, 6) is -1.21. The van der Waals surface area contributed by atoms with Crippen molar-refractivity contribution in [3.63, 3.8) is 0 Å². The zero-order valence-electron chi connectivity index (χ0n) is 18.9. The largest absolute Gasteiger partial charge is 0.503 e. The van der Waals surface area contributed by atoms with Crippen molar-refractivity contribution in [1.29, 1.82) is 0 Å². The molecule has 3 rings (SSSR count). The van der Waals surface area contributed by atoms with Crippen LogP contribution in [0.2, 0.25) is 0 Å². The van der Waals surface area contributed by atoms with Crippen LogP contribution in [0.25, 0.3) is 0 Å². The standard InChI is InChI=1S/C25H31N3O3/c1-6-27(7-2)19-10-8-18(9-11-19)21-20(23(30)25(3,4)5)22(29)24(31)28(21)16-17-12-14-26-15-13-17/h8-15,21,29H,6-7,16H2,1-5H3. The number of aliphatic hydroxyl groups excluding tert-OH is 1. The van der Waals surface area contributed by atoms with Gasteiger partial charge in [-0.05, 0) is 49.2 Å². The lowest BCUT2D eigenvalue weighted by Gasteiger charge is -2.29. The Morgan fingerprint density at radius 1 is 1.06 bits per heavy atom. The molecule has 1 aliphatic rings. The van der Waals surface area contributed by atoms with E-state index in [2.05, 4.69) is 23.7 Å². The maximum absolute atomic E-state index is 13.3. The Morgan fingerprint density at radius 2 is 1.65 bits per heavy atom. The number of hydrogen-bond donors (Lipinski definition) is 1. The van der Waals surface area contributed by atoms with Crippen molar-refractivity contribution in [3.8, 4) is 0 Å². The number of hydrogen-bond acceptors (Lipinski definition) is 5. The quantitative estimate of drug-likeness (QED) is 0.715. The van der Waals surface area contributed by atoms with Crippen LogP contribution in [0, 0.1) is 5.41 Å². The molecule has 1 aliphatic heterocycles. The van der Waals surface area contributed by atoms with Gasteiger partial charge in [-0.1, -0.05) is 32.9 Å². The number of benzene rings is 1. The first-order valence-corrected chi connectivity index (χ1v) is 10.7. The number of rotatable bonds is 7. The zero-order valence-corrected chi connectivity index (χ0v) is 18.9. The highest BCUT2D eigenvalue weighted by Crippen LogP contribution is 2.42. The number of carbonyl (C=O) groups is 2. The van der Waals surface area contributed by atoms with Crippen LogP contribution in [0.1, 0.15) is 51.8 Å². The Balaban J connectivity index is 2.06. The molecule has 0 spiro atoms. The number of amides is 1. The maximum atomic E-state index is 13.3. The second-order valence-corrected chi connectivity index (χ2v) is 8.80. The van der Waals surface area contributed by atoms with Gasteiger partial charge in [0.15, 0.2) is 11.5 Å². The minimum atomic E-state index is -0.727. The SMILES string of the molecule is CCN(CC)c1ccc(C2C(C(=O)C(C)(C)C)=C(O)C(=O)N2Cc2ccncc2)cc1. The minimum Gasteiger partial charge on any atom is -0.503 e. The van der Waals surface area contributed by atoms with Gasteiger partial charge in [-0.25, -0.2) is 0 Å². The fraction of sp³-hybridized carbons (Fsp3) is 0.400. The highest BCUT2D eigenvalue weighted by atomic mass is 16.3. The van der Waals surface area contributed by atoms with Crippen LogP contribution in [0.15, 0.2) is 60.1 Å². The van der Waals surface area contributed by atoms with Crippen LogP contribution >= 0.6 is 0 Å². The van der Waals surface area contributed by atoms with Crippen molar-refractivity contribution in [3.05, 3.63) is 71.3 Å². The van der Waals surface area contributed by atoms with Crippen LogP contribution in [0.3, 0.4) is 0 Å². The molecule has 1 aromatic carbocycles. The predicted molar refractivity (Wildman–Crippen MR) is 122 cm³/mol. The second-order valence-electron chi connectivity index (χ2n) is 8.80. The molecule has 1 atom stereocenters. The van der Waals surface area contributed by atoms with Crippen LogP contribution in [0.4, 0.5) is 5.69 Å². The molecule has 6 heteroatoms. The Labute approximate surface area is 184 Å². The summed E-state index contributed by atoms with van der Waals surface area (Å²) in [6.45, 7) is 11.6. The normalized spacial score (nSPS) is 16.7. The number of aliphatic hydroxyl groups is 1. The van der Waals surface area contributed by atoms with Crippen molar-refractivity contribution >= 4 is 17.4 Å². The molecule has 2 heterocycles. The number of carbonyl (C=O) groups excluding carboxylic acids is 2. The molecule has 1 aromatic heterocycles. The van der Waals surface area contributed by atoms with Gasteiger partial charge in [0.25, 0.3) is 5.91 Å². The lowest BCUT2D eigenvalue weighted by Crippen LogP contribution is -2.32. The van der Waals surface area contributed by atoms with Gasteiger partial charge in [0, 0.05) is 43.1 Å². The van der Waals surface area contributed by atoms with Gasteiger partial charge in [0.05, 0.1) is 11.6 Å². The molecule has 1 N–H and O–H groups in total. The van der Waals surface area contributed by atoms with Gasteiger partial charge in [0.1, 0.15) is 0 Å². The van der Waals surface area contributed by atoms with E-state index in [9.17, 15) is 14.7 Å². The lowest BCUT2D eigenvalue weighted by molar-refractivity contribution is -0.130. The summed E-state index contributed by atoms with van der Waals surface area (Å²) in [4.78, 5) is 34.1. The van der Waals surface area contributed by atoms with Crippen LogP contribution in [0.5, 0.6) is 0 Å². The molecule has 31 heavy (non-hydrogen) atoms. The summed E-state index contributed by atoms with van der Waals surface area (Å²) in [5.41, 5.74) is 2.20. The molecule has 1 unspecified atom stereocenters. The molecule has 0 saturated heterocycles. The highest BCUT2D eigenvalue weighted by Gasteiger charge is 2.45. The number of pyridine rings is 1. The van der Waals surface area contributed by atoms with E-state index in [0.29, 0.717) is 0 Å². The summed E-state index contributed by atoms with van der Waals surface area (Å²) < 4.78 is 0. The lowest BCUT2D eigenvalue weighted by atomic mass is 9.82. The summed E-state index contributed by atoms with van der Waals surface area (Å²) in [6, 6.07) is 10.9. The van der Waals surface area contributed by atoms with Crippen molar-refractivity contribution in [2.24, 2.45) is 5.41 Å². The van der Waals surface area contributed by atoms with E-state index >= 15 is 0 Å². The van der Waals surface area contributed by atoms with E-state index < -0.39 is 23.1 Å². The van der Waals surface area contributed by atoms with Crippen molar-refractivity contribution in [1.82, 2.24) is 9.88 Å². The van der Waals surface area contributed by atoms with Gasteiger partial charge >= 0.3 is 0 Å². The first kappa shape index (κ1) is 22.5. The van der Waals surface area contributed by atoms with Gasteiger partial charge in [-0.15, -0.1) is 0 Å². The summed E-state index contributed by atoms with van der Waals surface area (Å²) in [7, 11) is 0. The van der Waals surface area contributed by atoms with E-state index in [4.69, 9.17) is 0 Å². The summed E-state index contributed by atoms with van der Waals surface area (Å²) >= 11 is 0.